The molecule has 0 N–H and O–H groups in total. The standard InChI is InChI=1S/C23H23F3N2OS/c24-14-30-27-12-15-5-4-10-28(13-15)23(29)19-11-18(19)16-6-1-2-7-17(16)22-20(25)8-3-9-21(22)26/h1-3,6-9,12,15,18-19H,4-5,10-11,13-14H2. The van der Waals surface area contributed by atoms with Gasteiger partial charge in [0.15, 0.2) is 6.01 Å². The lowest BCUT2D eigenvalue weighted by molar-refractivity contribution is -0.134. The molecule has 2 aromatic rings. The molecule has 3 unspecified atom stereocenters. The Kier molecular flexibility index (Phi) is 6.46. The van der Waals surface area contributed by atoms with E-state index in [1.54, 1.807) is 18.3 Å². The number of hydrogen-bond donors (Lipinski definition) is 0. The molecule has 1 heterocycles. The third kappa shape index (κ3) is 4.41. The Bertz CT molecular complexity index is 932. The van der Waals surface area contributed by atoms with Gasteiger partial charge in [-0.05, 0) is 48.4 Å². The molecular weight excluding hydrogens is 409 g/mol. The van der Waals surface area contributed by atoms with Crippen LogP contribution in [-0.4, -0.2) is 36.1 Å². The highest BCUT2D eigenvalue weighted by atomic mass is 32.2. The number of alkyl halides is 1. The van der Waals surface area contributed by atoms with Crippen molar-refractivity contribution in [2.75, 3.05) is 19.1 Å². The molecule has 0 radical (unpaired) electrons. The van der Waals surface area contributed by atoms with Crippen LogP contribution in [0, 0.1) is 23.5 Å². The molecule has 0 spiro atoms. The maximum Gasteiger partial charge on any atom is 0.226 e. The first-order chi connectivity index (χ1) is 14.6. The summed E-state index contributed by atoms with van der Waals surface area (Å²) in [6.45, 7) is 1.29. The van der Waals surface area contributed by atoms with Gasteiger partial charge in [-0.1, -0.05) is 30.3 Å². The Balaban J connectivity index is 1.49. The zero-order valence-corrected chi connectivity index (χ0v) is 17.3. The molecule has 3 nitrogen and oxygen atoms in total. The molecule has 30 heavy (non-hydrogen) atoms. The van der Waals surface area contributed by atoms with Crippen LogP contribution in [0.1, 0.15) is 30.7 Å². The Labute approximate surface area is 178 Å². The van der Waals surface area contributed by atoms with Gasteiger partial charge in [-0.2, -0.15) is 0 Å². The molecule has 1 amide bonds. The van der Waals surface area contributed by atoms with Crippen molar-refractivity contribution in [1.82, 2.24) is 4.90 Å². The van der Waals surface area contributed by atoms with Crippen LogP contribution in [0.2, 0.25) is 0 Å². The summed E-state index contributed by atoms with van der Waals surface area (Å²) in [5, 5.41) is 0. The Morgan fingerprint density at radius 1 is 1.17 bits per heavy atom. The average molecular weight is 433 g/mol. The zero-order valence-electron chi connectivity index (χ0n) is 16.4. The van der Waals surface area contributed by atoms with E-state index in [0.717, 1.165) is 30.4 Å². The summed E-state index contributed by atoms with van der Waals surface area (Å²) in [6, 6.07) is 10.5. The second kappa shape index (κ2) is 9.25. The molecule has 2 fully saturated rings. The average Bonchev–Trinajstić information content (AvgIpc) is 3.55. The highest BCUT2D eigenvalue weighted by Crippen LogP contribution is 2.51. The smallest absolute Gasteiger partial charge is 0.226 e. The molecule has 158 valence electrons. The van der Waals surface area contributed by atoms with Crippen LogP contribution in [0.3, 0.4) is 0 Å². The highest BCUT2D eigenvalue weighted by Gasteiger charge is 2.47. The molecule has 1 saturated heterocycles. The minimum absolute atomic E-state index is 0.0363. The normalized spacial score (nSPS) is 23.7. The fourth-order valence-electron chi connectivity index (χ4n) is 4.34. The number of hydrogen-bond acceptors (Lipinski definition) is 3. The molecule has 2 aliphatic rings. The monoisotopic (exact) mass is 432 g/mol. The number of piperidine rings is 1. The van der Waals surface area contributed by atoms with Gasteiger partial charge in [0.2, 0.25) is 5.91 Å². The molecule has 7 heteroatoms. The molecule has 1 saturated carbocycles. The van der Waals surface area contributed by atoms with Gasteiger partial charge in [0, 0.05) is 43.1 Å². The lowest BCUT2D eigenvalue weighted by Gasteiger charge is -2.31. The quantitative estimate of drug-likeness (QED) is 0.438. The van der Waals surface area contributed by atoms with Gasteiger partial charge in [-0.15, -0.1) is 0 Å². The molecule has 2 aromatic carbocycles. The van der Waals surface area contributed by atoms with E-state index in [0.29, 0.717) is 25.1 Å². The Morgan fingerprint density at radius 3 is 2.70 bits per heavy atom. The number of benzene rings is 2. The van der Waals surface area contributed by atoms with Gasteiger partial charge >= 0.3 is 0 Å². The minimum Gasteiger partial charge on any atom is -0.342 e. The van der Waals surface area contributed by atoms with E-state index in [1.807, 2.05) is 17.0 Å². The first-order valence-electron chi connectivity index (χ1n) is 10.1. The summed E-state index contributed by atoms with van der Waals surface area (Å²) in [4.78, 5) is 14.9. The Morgan fingerprint density at radius 2 is 1.93 bits per heavy atom. The summed E-state index contributed by atoms with van der Waals surface area (Å²) in [5.41, 5.74) is 1.29. The maximum absolute atomic E-state index is 14.4. The number of halogens is 3. The van der Waals surface area contributed by atoms with E-state index in [9.17, 15) is 18.0 Å². The number of likely N-dealkylation sites (tertiary alicyclic amines) is 1. The summed E-state index contributed by atoms with van der Waals surface area (Å²) >= 11 is 0.868. The molecular formula is C23H23F3N2OS. The van der Waals surface area contributed by atoms with Crippen molar-refractivity contribution in [2.24, 2.45) is 16.2 Å². The van der Waals surface area contributed by atoms with Crippen molar-refractivity contribution in [3.63, 3.8) is 0 Å². The van der Waals surface area contributed by atoms with Crippen LogP contribution < -0.4 is 0 Å². The van der Waals surface area contributed by atoms with E-state index in [-0.39, 0.29) is 29.2 Å². The summed E-state index contributed by atoms with van der Waals surface area (Å²) in [5.74, 6) is -1.19. The van der Waals surface area contributed by atoms with Gasteiger partial charge < -0.3 is 4.90 Å². The van der Waals surface area contributed by atoms with Crippen molar-refractivity contribution in [3.8, 4) is 11.1 Å². The van der Waals surface area contributed by atoms with Crippen molar-refractivity contribution >= 4 is 24.1 Å². The Hall–Kier alpha value is -2.28. The topological polar surface area (TPSA) is 32.7 Å². The van der Waals surface area contributed by atoms with Crippen molar-refractivity contribution < 1.29 is 18.0 Å². The van der Waals surface area contributed by atoms with E-state index in [1.165, 1.54) is 18.2 Å². The number of carbonyl (C=O) groups is 1. The predicted molar refractivity (Wildman–Crippen MR) is 114 cm³/mol. The van der Waals surface area contributed by atoms with Gasteiger partial charge in [0.1, 0.15) is 11.6 Å². The van der Waals surface area contributed by atoms with Crippen LogP contribution in [0.25, 0.3) is 11.1 Å². The van der Waals surface area contributed by atoms with E-state index < -0.39 is 17.6 Å². The van der Waals surface area contributed by atoms with Crippen LogP contribution in [0.15, 0.2) is 46.9 Å². The van der Waals surface area contributed by atoms with Crippen LogP contribution in [0.5, 0.6) is 0 Å². The number of nitrogens with zero attached hydrogens (tertiary/aromatic N) is 2. The van der Waals surface area contributed by atoms with Crippen molar-refractivity contribution in [3.05, 3.63) is 59.7 Å². The SMILES string of the molecule is O=C(C1CC1c1ccccc1-c1c(F)cccc1F)N1CCCC(C=NSCF)C1. The van der Waals surface area contributed by atoms with E-state index >= 15 is 0 Å². The van der Waals surface area contributed by atoms with Crippen molar-refractivity contribution in [2.45, 2.75) is 25.2 Å². The predicted octanol–water partition coefficient (Wildman–Crippen LogP) is 5.62. The summed E-state index contributed by atoms with van der Waals surface area (Å²) in [6.07, 6.45) is 4.24. The number of amides is 1. The van der Waals surface area contributed by atoms with Crippen molar-refractivity contribution in [1.29, 1.82) is 0 Å². The van der Waals surface area contributed by atoms with Gasteiger partial charge in [0.25, 0.3) is 0 Å². The summed E-state index contributed by atoms with van der Waals surface area (Å²) < 4.78 is 44.9. The lowest BCUT2D eigenvalue weighted by atomic mass is 9.94. The first-order valence-corrected chi connectivity index (χ1v) is 11.1. The van der Waals surface area contributed by atoms with E-state index in [2.05, 4.69) is 4.40 Å². The lowest BCUT2D eigenvalue weighted by Crippen LogP contribution is -2.41. The zero-order chi connectivity index (χ0) is 21.1. The molecule has 0 bridgehead atoms. The second-order valence-electron chi connectivity index (χ2n) is 7.81. The third-order valence-corrected chi connectivity index (χ3v) is 6.23. The van der Waals surface area contributed by atoms with E-state index in [4.69, 9.17) is 0 Å². The van der Waals surface area contributed by atoms with Crippen LogP contribution >= 0.6 is 11.9 Å². The molecule has 1 aliphatic carbocycles. The molecule has 4 rings (SSSR count). The first kappa shape index (κ1) is 21.0. The largest absolute Gasteiger partial charge is 0.342 e. The highest BCUT2D eigenvalue weighted by molar-refractivity contribution is 7.97. The van der Waals surface area contributed by atoms with Gasteiger partial charge in [0.05, 0.1) is 5.56 Å². The van der Waals surface area contributed by atoms with Crippen LogP contribution in [0.4, 0.5) is 13.2 Å². The maximum atomic E-state index is 14.4. The second-order valence-corrected chi connectivity index (χ2v) is 8.50. The molecule has 1 aliphatic heterocycles. The summed E-state index contributed by atoms with van der Waals surface area (Å²) in [7, 11) is 0. The van der Waals surface area contributed by atoms with Gasteiger partial charge in [-0.3, -0.25) is 4.79 Å². The fraction of sp³-hybridized carbons (Fsp3) is 0.391. The third-order valence-electron chi connectivity index (χ3n) is 5.86. The molecule has 3 atom stereocenters. The number of carbonyl (C=O) groups excluding carboxylic acids is 1. The minimum atomic E-state index is -0.602. The van der Waals surface area contributed by atoms with Crippen LogP contribution in [-0.2, 0) is 4.79 Å². The molecule has 0 aromatic heterocycles. The van der Waals surface area contributed by atoms with Gasteiger partial charge in [-0.25, -0.2) is 17.6 Å². The fourth-order valence-corrected chi connectivity index (χ4v) is 4.65. The number of rotatable bonds is 6.